The van der Waals surface area contributed by atoms with Crippen molar-refractivity contribution < 1.29 is 0 Å². The van der Waals surface area contributed by atoms with Gasteiger partial charge < -0.3 is 0 Å². The van der Waals surface area contributed by atoms with Gasteiger partial charge in [0.05, 0.1) is 0 Å². The van der Waals surface area contributed by atoms with Crippen LogP contribution in [0, 0.1) is 5.92 Å². The summed E-state index contributed by atoms with van der Waals surface area (Å²) in [4.78, 5) is 4.44. The molecule has 1 rings (SSSR count). The highest BCUT2D eigenvalue weighted by molar-refractivity contribution is 5.88. The lowest BCUT2D eigenvalue weighted by Crippen LogP contribution is -1.93. The van der Waals surface area contributed by atoms with Crippen molar-refractivity contribution in [1.82, 2.24) is 0 Å². The maximum absolute atomic E-state index is 4.44. The Hall–Kier alpha value is -1.11. The summed E-state index contributed by atoms with van der Waals surface area (Å²) in [6, 6.07) is 0. The smallest absolute Gasteiger partial charge is 0.0442 e. The van der Waals surface area contributed by atoms with Gasteiger partial charge in [-0.2, -0.15) is 0 Å². The maximum Gasteiger partial charge on any atom is 0.0442 e. The average molecular weight is 217 g/mol. The van der Waals surface area contributed by atoms with Crippen LogP contribution in [0.5, 0.6) is 0 Å². The van der Waals surface area contributed by atoms with E-state index in [2.05, 4.69) is 38.9 Å². The Morgan fingerprint density at radius 2 is 2.12 bits per heavy atom. The number of nitrogens with zero attached hydrogens (tertiary/aromatic N) is 1. The van der Waals surface area contributed by atoms with Gasteiger partial charge in [-0.05, 0) is 42.7 Å². The first-order chi connectivity index (χ1) is 7.56. The standard InChI is InChI=1S/C15H23N/c1-6-14-13(5)10-16-15(14)9-7-8-12(4)11(2)3/h10-11H,4-9H2,1-3H3. The Labute approximate surface area is 99.7 Å². The van der Waals surface area contributed by atoms with E-state index >= 15 is 0 Å². The summed E-state index contributed by atoms with van der Waals surface area (Å²) in [6.07, 6.45) is 6.26. The predicted molar refractivity (Wildman–Crippen MR) is 72.8 cm³/mol. The van der Waals surface area contributed by atoms with Gasteiger partial charge in [-0.25, -0.2) is 0 Å². The van der Waals surface area contributed by atoms with Crippen LogP contribution >= 0.6 is 0 Å². The SMILES string of the molecule is C=C1C=NC(CCCC(=C)C(C)C)=C1CC. The maximum atomic E-state index is 4.44. The van der Waals surface area contributed by atoms with Crippen LogP contribution < -0.4 is 0 Å². The van der Waals surface area contributed by atoms with E-state index in [4.69, 9.17) is 0 Å². The van der Waals surface area contributed by atoms with Gasteiger partial charge in [-0.3, -0.25) is 4.99 Å². The molecule has 1 heterocycles. The zero-order valence-corrected chi connectivity index (χ0v) is 10.8. The van der Waals surface area contributed by atoms with Crippen molar-refractivity contribution in [3.05, 3.63) is 35.6 Å². The second kappa shape index (κ2) is 5.83. The van der Waals surface area contributed by atoms with Gasteiger partial charge in [0.1, 0.15) is 0 Å². The van der Waals surface area contributed by atoms with Crippen molar-refractivity contribution in [2.45, 2.75) is 46.5 Å². The number of rotatable bonds is 6. The van der Waals surface area contributed by atoms with Crippen LogP contribution in [0.3, 0.4) is 0 Å². The third-order valence-electron chi connectivity index (χ3n) is 3.19. The molecule has 16 heavy (non-hydrogen) atoms. The zero-order chi connectivity index (χ0) is 12.1. The van der Waals surface area contributed by atoms with Gasteiger partial charge in [-0.1, -0.05) is 39.5 Å². The molecular weight excluding hydrogens is 194 g/mol. The summed E-state index contributed by atoms with van der Waals surface area (Å²) in [5.41, 5.74) is 5.03. The number of hydrogen-bond donors (Lipinski definition) is 0. The van der Waals surface area contributed by atoms with E-state index in [-0.39, 0.29) is 0 Å². The number of allylic oxidation sites excluding steroid dienone is 4. The molecule has 0 atom stereocenters. The van der Waals surface area contributed by atoms with Crippen LogP contribution in [0.4, 0.5) is 0 Å². The van der Waals surface area contributed by atoms with Crippen molar-refractivity contribution in [2.75, 3.05) is 0 Å². The molecule has 88 valence electrons. The molecular formula is C15H23N. The van der Waals surface area contributed by atoms with Gasteiger partial charge in [0.25, 0.3) is 0 Å². The van der Waals surface area contributed by atoms with Crippen LogP contribution in [0.2, 0.25) is 0 Å². The largest absolute Gasteiger partial charge is 0.260 e. The first kappa shape index (κ1) is 13.0. The number of hydrogen-bond acceptors (Lipinski definition) is 1. The van der Waals surface area contributed by atoms with E-state index in [0.29, 0.717) is 5.92 Å². The van der Waals surface area contributed by atoms with Gasteiger partial charge >= 0.3 is 0 Å². The van der Waals surface area contributed by atoms with Crippen molar-refractivity contribution in [3.8, 4) is 0 Å². The molecule has 0 fully saturated rings. The first-order valence-electron chi connectivity index (χ1n) is 6.19. The fourth-order valence-electron chi connectivity index (χ4n) is 1.92. The minimum absolute atomic E-state index is 0.599. The van der Waals surface area contributed by atoms with Crippen molar-refractivity contribution in [3.63, 3.8) is 0 Å². The molecule has 1 nitrogen and oxygen atoms in total. The Morgan fingerprint density at radius 1 is 1.44 bits per heavy atom. The minimum atomic E-state index is 0.599. The molecule has 0 aromatic rings. The van der Waals surface area contributed by atoms with Gasteiger partial charge in [0, 0.05) is 11.9 Å². The monoisotopic (exact) mass is 217 g/mol. The molecule has 0 saturated carbocycles. The molecule has 0 bridgehead atoms. The van der Waals surface area contributed by atoms with E-state index in [1.54, 1.807) is 0 Å². The fourth-order valence-corrected chi connectivity index (χ4v) is 1.92. The highest BCUT2D eigenvalue weighted by Gasteiger charge is 2.12. The Kier molecular flexibility index (Phi) is 4.72. The first-order valence-corrected chi connectivity index (χ1v) is 6.19. The summed E-state index contributed by atoms with van der Waals surface area (Å²) in [6.45, 7) is 14.7. The van der Waals surface area contributed by atoms with Gasteiger partial charge in [0.15, 0.2) is 0 Å². The normalized spacial score (nSPS) is 15.4. The molecule has 1 aliphatic heterocycles. The fraction of sp³-hybridized carbons (Fsp3) is 0.533. The average Bonchev–Trinajstić information content (AvgIpc) is 2.59. The molecule has 0 aromatic carbocycles. The highest BCUT2D eigenvalue weighted by atomic mass is 14.8. The Balaban J connectivity index is 2.44. The van der Waals surface area contributed by atoms with E-state index in [0.717, 1.165) is 31.3 Å². The zero-order valence-electron chi connectivity index (χ0n) is 10.8. The van der Waals surface area contributed by atoms with Crippen LogP contribution in [-0.4, -0.2) is 6.21 Å². The summed E-state index contributed by atoms with van der Waals surface area (Å²) in [5, 5.41) is 0. The Bertz CT molecular complexity index is 342. The van der Waals surface area contributed by atoms with E-state index in [1.165, 1.54) is 16.8 Å². The molecule has 1 heteroatoms. The van der Waals surface area contributed by atoms with Crippen LogP contribution in [0.25, 0.3) is 0 Å². The van der Waals surface area contributed by atoms with Crippen molar-refractivity contribution >= 4 is 6.21 Å². The molecule has 0 amide bonds. The van der Waals surface area contributed by atoms with Crippen LogP contribution in [0.1, 0.15) is 46.5 Å². The molecule has 0 N–H and O–H groups in total. The van der Waals surface area contributed by atoms with Crippen molar-refractivity contribution in [2.24, 2.45) is 10.9 Å². The lowest BCUT2D eigenvalue weighted by molar-refractivity contribution is 0.680. The van der Waals surface area contributed by atoms with Crippen LogP contribution in [0.15, 0.2) is 40.6 Å². The molecule has 0 saturated heterocycles. The van der Waals surface area contributed by atoms with E-state index in [9.17, 15) is 0 Å². The molecule has 0 unspecified atom stereocenters. The third-order valence-corrected chi connectivity index (χ3v) is 3.19. The van der Waals surface area contributed by atoms with Crippen molar-refractivity contribution in [1.29, 1.82) is 0 Å². The Morgan fingerprint density at radius 3 is 2.69 bits per heavy atom. The highest BCUT2D eigenvalue weighted by Crippen LogP contribution is 2.27. The number of aliphatic imine (C=N–C) groups is 1. The third kappa shape index (κ3) is 3.19. The van der Waals surface area contributed by atoms with Crippen LogP contribution in [-0.2, 0) is 0 Å². The minimum Gasteiger partial charge on any atom is -0.260 e. The van der Waals surface area contributed by atoms with E-state index in [1.807, 2.05) is 6.21 Å². The molecule has 0 aliphatic carbocycles. The molecule has 0 radical (unpaired) electrons. The second-order valence-corrected chi connectivity index (χ2v) is 4.73. The molecule has 0 spiro atoms. The summed E-state index contributed by atoms with van der Waals surface area (Å²) in [5.74, 6) is 0.599. The topological polar surface area (TPSA) is 12.4 Å². The second-order valence-electron chi connectivity index (χ2n) is 4.73. The predicted octanol–water partition coefficient (Wildman–Crippen LogP) is 4.67. The molecule has 1 aliphatic rings. The van der Waals surface area contributed by atoms with E-state index < -0.39 is 0 Å². The van der Waals surface area contributed by atoms with Gasteiger partial charge in [-0.15, -0.1) is 0 Å². The lowest BCUT2D eigenvalue weighted by atomic mass is 9.97. The summed E-state index contributed by atoms with van der Waals surface area (Å²) < 4.78 is 0. The van der Waals surface area contributed by atoms with Gasteiger partial charge in [0.2, 0.25) is 0 Å². The summed E-state index contributed by atoms with van der Waals surface area (Å²) in [7, 11) is 0. The molecule has 0 aromatic heterocycles. The quantitative estimate of drug-likeness (QED) is 0.573. The lowest BCUT2D eigenvalue weighted by Gasteiger charge is -2.09. The summed E-state index contributed by atoms with van der Waals surface area (Å²) >= 11 is 0.